The largest absolute Gasteiger partial charge is 0.352 e. The van der Waals surface area contributed by atoms with E-state index in [1.807, 2.05) is 39.0 Å². The molecule has 0 radical (unpaired) electrons. The van der Waals surface area contributed by atoms with Gasteiger partial charge < -0.3 is 14.8 Å². The average molecular weight is 458 g/mol. The molecule has 7 heteroatoms. The van der Waals surface area contributed by atoms with Gasteiger partial charge in [-0.2, -0.15) is 0 Å². The maximum Gasteiger partial charge on any atom is 0.259 e. The van der Waals surface area contributed by atoms with Crippen LogP contribution in [0.5, 0.6) is 0 Å². The highest BCUT2D eigenvalue weighted by Crippen LogP contribution is 2.22. The van der Waals surface area contributed by atoms with E-state index in [0.717, 1.165) is 31.2 Å². The lowest BCUT2D eigenvalue weighted by Gasteiger charge is -2.22. The zero-order valence-electron chi connectivity index (χ0n) is 19.1. The fourth-order valence-electron chi connectivity index (χ4n) is 4.09. The van der Waals surface area contributed by atoms with Gasteiger partial charge in [0, 0.05) is 37.1 Å². The van der Waals surface area contributed by atoms with Crippen LogP contribution in [0.2, 0.25) is 5.02 Å². The number of halogens is 1. The lowest BCUT2D eigenvalue weighted by atomic mass is 10.1. The van der Waals surface area contributed by atoms with Crippen LogP contribution in [0.1, 0.15) is 78.8 Å². The number of amides is 2. The molecule has 32 heavy (non-hydrogen) atoms. The normalized spacial score (nSPS) is 15.3. The van der Waals surface area contributed by atoms with Crippen LogP contribution in [0.3, 0.4) is 0 Å². The van der Waals surface area contributed by atoms with Crippen molar-refractivity contribution in [1.82, 2.24) is 14.8 Å². The third-order valence-corrected chi connectivity index (χ3v) is 6.09. The van der Waals surface area contributed by atoms with Crippen molar-refractivity contribution in [1.29, 1.82) is 0 Å². The Morgan fingerprint density at radius 3 is 2.25 bits per heavy atom. The van der Waals surface area contributed by atoms with Gasteiger partial charge in [-0.3, -0.25) is 14.4 Å². The number of nitrogens with zero attached hydrogens (tertiary/aromatic N) is 2. The van der Waals surface area contributed by atoms with Crippen molar-refractivity contribution >= 4 is 23.4 Å². The summed E-state index contributed by atoms with van der Waals surface area (Å²) in [6, 6.07) is 6.88. The van der Waals surface area contributed by atoms with Crippen LogP contribution < -0.4 is 10.7 Å². The summed E-state index contributed by atoms with van der Waals surface area (Å²) in [6.45, 7) is 7.80. The molecule has 1 aliphatic heterocycles. The molecule has 1 aliphatic rings. The van der Waals surface area contributed by atoms with Crippen LogP contribution in [0, 0.1) is 5.92 Å². The fourth-order valence-corrected chi connectivity index (χ4v) is 4.39. The summed E-state index contributed by atoms with van der Waals surface area (Å²) in [4.78, 5) is 41.4. The zero-order chi connectivity index (χ0) is 23.3. The molecule has 0 spiro atoms. The summed E-state index contributed by atoms with van der Waals surface area (Å²) in [5, 5.41) is 3.41. The maximum absolute atomic E-state index is 13.3. The van der Waals surface area contributed by atoms with E-state index in [-0.39, 0.29) is 29.0 Å². The highest BCUT2D eigenvalue weighted by Gasteiger charge is 2.25. The topological polar surface area (TPSA) is 71.4 Å². The summed E-state index contributed by atoms with van der Waals surface area (Å²) in [5.41, 5.74) is 0.278. The number of rotatable bonds is 6. The Balaban J connectivity index is 1.94. The monoisotopic (exact) mass is 457 g/mol. The van der Waals surface area contributed by atoms with E-state index in [1.165, 1.54) is 0 Å². The summed E-state index contributed by atoms with van der Waals surface area (Å²) >= 11 is 6.26. The first-order valence-electron chi connectivity index (χ1n) is 11.4. The van der Waals surface area contributed by atoms with Gasteiger partial charge in [0.25, 0.3) is 11.8 Å². The summed E-state index contributed by atoms with van der Waals surface area (Å²) in [7, 11) is 0. The SMILES string of the molecule is CC(C)Cn1cc(C(=O)N[C@H](C)c2ccccc2Cl)c(=O)c(C(=O)N2CCCCCC2)c1. The fraction of sp³-hybridized carbons (Fsp3) is 0.480. The second-order valence-electron chi connectivity index (χ2n) is 8.93. The number of aromatic nitrogens is 1. The molecule has 0 bridgehead atoms. The lowest BCUT2D eigenvalue weighted by molar-refractivity contribution is 0.0759. The number of hydrogen-bond donors (Lipinski definition) is 1. The van der Waals surface area contributed by atoms with Gasteiger partial charge in [-0.05, 0) is 37.3 Å². The molecule has 2 heterocycles. The molecule has 0 saturated carbocycles. The van der Waals surface area contributed by atoms with Crippen molar-refractivity contribution in [3.8, 4) is 0 Å². The highest BCUT2D eigenvalue weighted by atomic mass is 35.5. The van der Waals surface area contributed by atoms with Crippen molar-refractivity contribution < 1.29 is 9.59 Å². The molecule has 172 valence electrons. The third kappa shape index (κ3) is 5.80. The molecule has 1 atom stereocenters. The smallest absolute Gasteiger partial charge is 0.259 e. The summed E-state index contributed by atoms with van der Waals surface area (Å²) in [6.07, 6.45) is 7.19. The Hall–Kier alpha value is -2.60. The van der Waals surface area contributed by atoms with Gasteiger partial charge >= 0.3 is 0 Å². The van der Waals surface area contributed by atoms with Gasteiger partial charge in [0.15, 0.2) is 0 Å². The third-order valence-electron chi connectivity index (χ3n) is 5.74. The predicted molar refractivity (Wildman–Crippen MR) is 127 cm³/mol. The Kier molecular flexibility index (Phi) is 8.13. The Labute approximate surface area is 194 Å². The quantitative estimate of drug-likeness (QED) is 0.685. The second-order valence-corrected chi connectivity index (χ2v) is 9.34. The van der Waals surface area contributed by atoms with Gasteiger partial charge in [0.1, 0.15) is 11.1 Å². The van der Waals surface area contributed by atoms with Crippen LogP contribution >= 0.6 is 11.6 Å². The molecule has 0 aliphatic carbocycles. The molecule has 1 aromatic heterocycles. The van der Waals surface area contributed by atoms with Crippen molar-refractivity contribution in [2.24, 2.45) is 5.92 Å². The van der Waals surface area contributed by atoms with Crippen molar-refractivity contribution in [2.75, 3.05) is 13.1 Å². The van der Waals surface area contributed by atoms with E-state index in [4.69, 9.17) is 11.6 Å². The number of pyridine rings is 1. The van der Waals surface area contributed by atoms with E-state index in [0.29, 0.717) is 24.7 Å². The number of benzene rings is 1. The van der Waals surface area contributed by atoms with Crippen LogP contribution in [-0.4, -0.2) is 34.4 Å². The number of hydrogen-bond acceptors (Lipinski definition) is 3. The first-order chi connectivity index (χ1) is 15.3. The van der Waals surface area contributed by atoms with Gasteiger partial charge in [0.2, 0.25) is 5.43 Å². The molecule has 6 nitrogen and oxygen atoms in total. The number of likely N-dealkylation sites (tertiary alicyclic amines) is 1. The molecule has 3 rings (SSSR count). The zero-order valence-corrected chi connectivity index (χ0v) is 19.8. The molecule has 1 N–H and O–H groups in total. The maximum atomic E-state index is 13.3. The first-order valence-corrected chi connectivity index (χ1v) is 11.7. The van der Waals surface area contributed by atoms with Crippen LogP contribution in [-0.2, 0) is 6.54 Å². The molecule has 2 amide bonds. The minimum Gasteiger partial charge on any atom is -0.352 e. The first kappa shape index (κ1) is 24.1. The number of carbonyl (C=O) groups is 2. The number of nitrogens with one attached hydrogen (secondary N) is 1. The van der Waals surface area contributed by atoms with E-state index < -0.39 is 11.3 Å². The molecule has 2 aromatic rings. The van der Waals surface area contributed by atoms with E-state index in [1.54, 1.807) is 27.9 Å². The van der Waals surface area contributed by atoms with Gasteiger partial charge in [-0.1, -0.05) is 56.5 Å². The molecule has 1 aromatic carbocycles. The average Bonchev–Trinajstić information content (AvgIpc) is 3.03. The Morgan fingerprint density at radius 2 is 1.62 bits per heavy atom. The molecule has 1 fully saturated rings. The second kappa shape index (κ2) is 10.8. The van der Waals surface area contributed by atoms with Gasteiger partial charge in [-0.15, -0.1) is 0 Å². The predicted octanol–water partition coefficient (Wildman–Crippen LogP) is 4.66. The number of carbonyl (C=O) groups excluding carboxylic acids is 2. The van der Waals surface area contributed by atoms with Crippen LogP contribution in [0.4, 0.5) is 0 Å². The standard InChI is InChI=1S/C25H32ClN3O3/c1-17(2)14-28-15-20(24(31)27-18(3)19-10-6-7-11-22(19)26)23(30)21(16-28)25(32)29-12-8-4-5-9-13-29/h6-7,10-11,15-18H,4-5,8-9,12-14H2,1-3H3,(H,27,31)/t18-/m1/s1. The molecule has 0 unspecified atom stereocenters. The lowest BCUT2D eigenvalue weighted by Crippen LogP contribution is -2.38. The summed E-state index contributed by atoms with van der Waals surface area (Å²) < 4.78 is 1.78. The van der Waals surface area contributed by atoms with Gasteiger partial charge in [0.05, 0.1) is 6.04 Å². The minimum absolute atomic E-state index is 0.0229. The molecular formula is C25H32ClN3O3. The van der Waals surface area contributed by atoms with Crippen LogP contribution in [0.25, 0.3) is 0 Å². The Bertz CT molecular complexity index is 1020. The molecular weight excluding hydrogens is 426 g/mol. The van der Waals surface area contributed by atoms with Gasteiger partial charge in [-0.25, -0.2) is 0 Å². The Morgan fingerprint density at radius 1 is 1.00 bits per heavy atom. The van der Waals surface area contributed by atoms with E-state index in [9.17, 15) is 14.4 Å². The van der Waals surface area contributed by atoms with Crippen molar-refractivity contribution in [3.05, 3.63) is 68.6 Å². The van der Waals surface area contributed by atoms with Crippen LogP contribution in [0.15, 0.2) is 41.5 Å². The van der Waals surface area contributed by atoms with E-state index >= 15 is 0 Å². The van der Waals surface area contributed by atoms with Crippen molar-refractivity contribution in [2.45, 2.75) is 59.0 Å². The highest BCUT2D eigenvalue weighted by molar-refractivity contribution is 6.31. The van der Waals surface area contributed by atoms with Crippen molar-refractivity contribution in [3.63, 3.8) is 0 Å². The summed E-state index contributed by atoms with van der Waals surface area (Å²) in [5.74, 6) is -0.509. The van der Waals surface area contributed by atoms with E-state index in [2.05, 4.69) is 5.32 Å². The molecule has 1 saturated heterocycles. The minimum atomic E-state index is -0.525.